The van der Waals surface area contributed by atoms with Gasteiger partial charge < -0.3 is 5.73 Å². The lowest BCUT2D eigenvalue weighted by Crippen LogP contribution is -2.10. The molecule has 2 N–H and O–H groups in total. The van der Waals surface area contributed by atoms with Gasteiger partial charge in [0.05, 0.1) is 6.04 Å². The van der Waals surface area contributed by atoms with Crippen LogP contribution in [0.4, 0.5) is 0 Å². The monoisotopic (exact) mass is 253 g/mol. The number of nitrogens with two attached hydrogens (primary N) is 1. The lowest BCUT2D eigenvalue weighted by Gasteiger charge is -2.11. The fourth-order valence-corrected chi connectivity index (χ4v) is 2.34. The van der Waals surface area contributed by atoms with Gasteiger partial charge >= 0.3 is 0 Å². The summed E-state index contributed by atoms with van der Waals surface area (Å²) in [5.41, 5.74) is 10.0. The van der Waals surface area contributed by atoms with Gasteiger partial charge in [0, 0.05) is 4.88 Å². The van der Waals surface area contributed by atoms with Crippen molar-refractivity contribution in [2.24, 2.45) is 5.73 Å². The zero-order valence-electron chi connectivity index (χ0n) is 9.44. The van der Waals surface area contributed by atoms with Crippen LogP contribution in [0.2, 0.25) is 0 Å². The first-order chi connectivity index (χ1) is 7.18. The van der Waals surface area contributed by atoms with Gasteiger partial charge in [-0.1, -0.05) is 24.3 Å². The van der Waals surface area contributed by atoms with E-state index >= 15 is 0 Å². The summed E-state index contributed by atoms with van der Waals surface area (Å²) in [5, 5.41) is 2.07. The van der Waals surface area contributed by atoms with Crippen molar-refractivity contribution in [3.63, 3.8) is 0 Å². The maximum atomic E-state index is 6.19. The van der Waals surface area contributed by atoms with Crippen molar-refractivity contribution in [3.05, 3.63) is 57.3 Å². The molecule has 1 aromatic carbocycles. The Balaban J connectivity index is 0.00000128. The van der Waals surface area contributed by atoms with E-state index in [1.54, 1.807) is 11.3 Å². The molecule has 0 fully saturated rings. The average Bonchev–Trinajstić information content (AvgIpc) is 2.74. The van der Waals surface area contributed by atoms with E-state index in [2.05, 4.69) is 43.5 Å². The Kier molecular flexibility index (Phi) is 4.54. The highest BCUT2D eigenvalue weighted by Gasteiger charge is 2.09. The molecule has 2 aromatic rings. The van der Waals surface area contributed by atoms with Crippen molar-refractivity contribution in [1.29, 1.82) is 0 Å². The first-order valence-electron chi connectivity index (χ1n) is 5.04. The van der Waals surface area contributed by atoms with Gasteiger partial charge in [-0.05, 0) is 42.0 Å². The van der Waals surface area contributed by atoms with E-state index in [1.165, 1.54) is 21.6 Å². The Morgan fingerprint density at radius 2 is 1.88 bits per heavy atom. The SMILES string of the molecule is Cc1ccc([C@@H](N)c2cccs2)cc1C.Cl. The third kappa shape index (κ3) is 2.64. The smallest absolute Gasteiger partial charge is 0.0646 e. The van der Waals surface area contributed by atoms with Crippen LogP contribution >= 0.6 is 23.7 Å². The van der Waals surface area contributed by atoms with Crippen LogP contribution in [0.25, 0.3) is 0 Å². The number of thiophene rings is 1. The van der Waals surface area contributed by atoms with Gasteiger partial charge in [0.1, 0.15) is 0 Å². The number of halogens is 1. The van der Waals surface area contributed by atoms with Crippen LogP contribution in [0.1, 0.15) is 27.6 Å². The van der Waals surface area contributed by atoms with Gasteiger partial charge in [0.15, 0.2) is 0 Å². The molecule has 1 atom stereocenters. The van der Waals surface area contributed by atoms with Gasteiger partial charge in [0.25, 0.3) is 0 Å². The van der Waals surface area contributed by atoms with E-state index in [4.69, 9.17) is 5.73 Å². The largest absolute Gasteiger partial charge is 0.320 e. The van der Waals surface area contributed by atoms with Crippen LogP contribution in [0.5, 0.6) is 0 Å². The fraction of sp³-hybridized carbons (Fsp3) is 0.231. The summed E-state index contributed by atoms with van der Waals surface area (Å²) in [6.07, 6.45) is 0. The molecule has 0 amide bonds. The zero-order valence-corrected chi connectivity index (χ0v) is 11.1. The highest BCUT2D eigenvalue weighted by atomic mass is 35.5. The highest BCUT2D eigenvalue weighted by molar-refractivity contribution is 7.10. The van der Waals surface area contributed by atoms with Gasteiger partial charge in [-0.15, -0.1) is 23.7 Å². The van der Waals surface area contributed by atoms with Gasteiger partial charge in [-0.3, -0.25) is 0 Å². The first kappa shape index (κ1) is 13.2. The van der Waals surface area contributed by atoms with E-state index in [-0.39, 0.29) is 18.4 Å². The Labute approximate surface area is 107 Å². The summed E-state index contributed by atoms with van der Waals surface area (Å²) in [4.78, 5) is 1.22. The Hall–Kier alpha value is -0.830. The lowest BCUT2D eigenvalue weighted by molar-refractivity contribution is 0.890. The number of aryl methyl sites for hydroxylation is 2. The highest BCUT2D eigenvalue weighted by Crippen LogP contribution is 2.24. The Morgan fingerprint density at radius 3 is 2.44 bits per heavy atom. The summed E-state index contributed by atoms with van der Waals surface area (Å²) >= 11 is 1.71. The van der Waals surface area contributed by atoms with Crippen molar-refractivity contribution in [3.8, 4) is 0 Å². The molecule has 16 heavy (non-hydrogen) atoms. The molecule has 0 radical (unpaired) electrons. The number of hydrogen-bond donors (Lipinski definition) is 1. The molecular weight excluding hydrogens is 238 g/mol. The van der Waals surface area contributed by atoms with Crippen LogP contribution in [-0.2, 0) is 0 Å². The fourth-order valence-electron chi connectivity index (χ4n) is 1.59. The molecule has 1 heterocycles. The van der Waals surface area contributed by atoms with E-state index in [9.17, 15) is 0 Å². The topological polar surface area (TPSA) is 26.0 Å². The second-order valence-corrected chi connectivity index (χ2v) is 4.82. The normalized spacial score (nSPS) is 11.9. The predicted octanol–water partition coefficient (Wildman–Crippen LogP) is 3.83. The van der Waals surface area contributed by atoms with Crippen molar-refractivity contribution in [2.45, 2.75) is 19.9 Å². The Bertz CT molecular complexity index is 451. The van der Waals surface area contributed by atoms with Crippen LogP contribution in [0.15, 0.2) is 35.7 Å². The second kappa shape index (κ2) is 5.48. The zero-order chi connectivity index (χ0) is 10.8. The molecule has 2 rings (SSSR count). The van der Waals surface area contributed by atoms with Gasteiger partial charge in [-0.25, -0.2) is 0 Å². The van der Waals surface area contributed by atoms with Crippen LogP contribution in [0, 0.1) is 13.8 Å². The van der Waals surface area contributed by atoms with Gasteiger partial charge in [0.2, 0.25) is 0 Å². The Morgan fingerprint density at radius 1 is 1.12 bits per heavy atom. The molecule has 0 unspecified atom stereocenters. The van der Waals surface area contributed by atoms with Crippen LogP contribution in [0.3, 0.4) is 0 Å². The minimum Gasteiger partial charge on any atom is -0.320 e. The quantitative estimate of drug-likeness (QED) is 0.865. The van der Waals surface area contributed by atoms with Crippen LogP contribution in [-0.4, -0.2) is 0 Å². The third-order valence-corrected chi connectivity index (χ3v) is 3.70. The number of benzene rings is 1. The summed E-state index contributed by atoms with van der Waals surface area (Å²) < 4.78 is 0. The molecule has 1 nitrogen and oxygen atoms in total. The average molecular weight is 254 g/mol. The van der Waals surface area contributed by atoms with Crippen molar-refractivity contribution < 1.29 is 0 Å². The van der Waals surface area contributed by atoms with Crippen molar-refractivity contribution >= 4 is 23.7 Å². The molecule has 0 bridgehead atoms. The number of hydrogen-bond acceptors (Lipinski definition) is 2. The molecule has 0 aliphatic heterocycles. The van der Waals surface area contributed by atoms with Gasteiger partial charge in [-0.2, -0.15) is 0 Å². The maximum absolute atomic E-state index is 6.19. The first-order valence-corrected chi connectivity index (χ1v) is 5.92. The molecule has 0 saturated heterocycles. The van der Waals surface area contributed by atoms with E-state index in [0.29, 0.717) is 0 Å². The van der Waals surface area contributed by atoms with E-state index in [0.717, 1.165) is 0 Å². The molecule has 0 aliphatic carbocycles. The summed E-state index contributed by atoms with van der Waals surface area (Å²) in [7, 11) is 0. The van der Waals surface area contributed by atoms with Crippen molar-refractivity contribution in [2.75, 3.05) is 0 Å². The van der Waals surface area contributed by atoms with E-state index < -0.39 is 0 Å². The molecule has 0 aliphatic rings. The third-order valence-electron chi connectivity index (χ3n) is 2.74. The van der Waals surface area contributed by atoms with E-state index in [1.807, 2.05) is 6.07 Å². The second-order valence-electron chi connectivity index (χ2n) is 3.84. The molecule has 3 heteroatoms. The van der Waals surface area contributed by atoms with Crippen LogP contribution < -0.4 is 5.73 Å². The molecule has 86 valence electrons. The maximum Gasteiger partial charge on any atom is 0.0646 e. The van der Waals surface area contributed by atoms with Crippen molar-refractivity contribution in [1.82, 2.24) is 0 Å². The summed E-state index contributed by atoms with van der Waals surface area (Å²) in [5.74, 6) is 0. The minimum absolute atomic E-state index is 0. The minimum atomic E-state index is 0. The lowest BCUT2D eigenvalue weighted by atomic mass is 10.0. The molecular formula is C13H16ClNS. The molecule has 1 aromatic heterocycles. The standard InChI is InChI=1S/C13H15NS.ClH/c1-9-5-6-11(8-10(9)2)13(14)12-4-3-7-15-12;/h3-8,13H,14H2,1-2H3;1H/t13-;/m1./s1. The summed E-state index contributed by atoms with van der Waals surface area (Å²) in [6, 6.07) is 10.6. The summed E-state index contributed by atoms with van der Waals surface area (Å²) in [6.45, 7) is 4.25. The predicted molar refractivity (Wildman–Crippen MR) is 73.5 cm³/mol. The molecule has 0 spiro atoms. The molecule has 0 saturated carbocycles. The number of rotatable bonds is 2.